The maximum atomic E-state index is 13.4. The van der Waals surface area contributed by atoms with Crippen molar-refractivity contribution in [2.75, 3.05) is 11.4 Å². The molecule has 2 aromatic rings. The van der Waals surface area contributed by atoms with E-state index in [0.29, 0.717) is 24.2 Å². The molecule has 2 atom stereocenters. The predicted octanol–water partition coefficient (Wildman–Crippen LogP) is 2.38. The molecule has 0 spiro atoms. The minimum atomic E-state index is -0.627. The van der Waals surface area contributed by atoms with E-state index in [4.69, 9.17) is 4.74 Å². The van der Waals surface area contributed by atoms with Gasteiger partial charge in [-0.15, -0.1) is 0 Å². The number of hydrogen-bond acceptors (Lipinski definition) is 4. The normalized spacial score (nSPS) is 21.5. The molecule has 1 saturated heterocycles. The maximum Gasteiger partial charge on any atom is 0.302 e. The first-order chi connectivity index (χ1) is 13.0. The number of anilines is 1. The Morgan fingerprint density at radius 3 is 2.52 bits per heavy atom. The van der Waals surface area contributed by atoms with Gasteiger partial charge in [-0.2, -0.15) is 0 Å². The second kappa shape index (κ2) is 6.87. The van der Waals surface area contributed by atoms with E-state index in [1.807, 2.05) is 36.4 Å². The summed E-state index contributed by atoms with van der Waals surface area (Å²) in [5, 5.41) is 0. The van der Waals surface area contributed by atoms with E-state index in [-0.39, 0.29) is 18.4 Å². The number of nitrogens with zero attached hydrogens (tertiary/aromatic N) is 2. The second-order valence-corrected chi connectivity index (χ2v) is 6.87. The first-order valence-corrected chi connectivity index (χ1v) is 8.97. The van der Waals surface area contributed by atoms with Crippen molar-refractivity contribution in [1.29, 1.82) is 0 Å². The average Bonchev–Trinajstić information content (AvgIpc) is 3.06. The van der Waals surface area contributed by atoms with E-state index < -0.39 is 18.1 Å². The van der Waals surface area contributed by atoms with Gasteiger partial charge >= 0.3 is 5.97 Å². The molecule has 0 N–H and O–H groups in total. The Labute approximate surface area is 157 Å². The smallest absolute Gasteiger partial charge is 0.302 e. The molecule has 0 aliphatic carbocycles. The number of benzene rings is 2. The second-order valence-electron chi connectivity index (χ2n) is 6.87. The molecule has 0 saturated carbocycles. The minimum absolute atomic E-state index is 0.146. The Kier molecular flexibility index (Phi) is 4.39. The highest BCUT2D eigenvalue weighted by molar-refractivity contribution is 6.11. The van der Waals surface area contributed by atoms with Gasteiger partial charge in [0.2, 0.25) is 5.91 Å². The lowest BCUT2D eigenvalue weighted by Gasteiger charge is -2.25. The van der Waals surface area contributed by atoms with Crippen molar-refractivity contribution in [1.82, 2.24) is 4.90 Å². The lowest BCUT2D eigenvalue weighted by molar-refractivity contribution is -0.145. The first-order valence-electron chi connectivity index (χ1n) is 8.97. The molecule has 0 radical (unpaired) electrons. The number of hydrogen-bond donors (Lipinski definition) is 0. The molecule has 0 bridgehead atoms. The number of rotatable bonds is 3. The quantitative estimate of drug-likeness (QED) is 0.785. The fraction of sp³-hybridized carbons (Fsp3) is 0.286. The summed E-state index contributed by atoms with van der Waals surface area (Å²) in [5.41, 5.74) is 2.10. The standard InChI is InChI=1S/C21H20N2O4/c1-14(24)27-16-11-19-21(26)22(12-15-7-3-2-4-8-15)18-10-6-5-9-17(18)20(25)23(19)13-16/h2-10,16,19H,11-13H2,1H3/t16-,19+/m1/s1. The summed E-state index contributed by atoms with van der Waals surface area (Å²) in [7, 11) is 0. The third kappa shape index (κ3) is 3.18. The number of esters is 1. The molecule has 0 unspecified atom stereocenters. The van der Waals surface area contributed by atoms with Crippen LogP contribution in [-0.4, -0.2) is 41.4 Å². The topological polar surface area (TPSA) is 66.9 Å². The predicted molar refractivity (Wildman–Crippen MR) is 99.1 cm³/mol. The van der Waals surface area contributed by atoms with Crippen LogP contribution in [0.25, 0.3) is 0 Å². The zero-order chi connectivity index (χ0) is 19.0. The summed E-state index contributed by atoms with van der Waals surface area (Å²) < 4.78 is 5.28. The van der Waals surface area contributed by atoms with Gasteiger partial charge in [0.25, 0.3) is 5.91 Å². The zero-order valence-corrected chi connectivity index (χ0v) is 15.0. The van der Waals surface area contributed by atoms with Crippen LogP contribution >= 0.6 is 0 Å². The molecule has 2 aliphatic heterocycles. The summed E-state index contributed by atoms with van der Waals surface area (Å²) >= 11 is 0. The number of carbonyl (C=O) groups is 3. The SMILES string of the molecule is CC(=O)O[C@@H]1C[C@H]2C(=O)N(Cc3ccccc3)c3ccccc3C(=O)N2C1. The Hall–Kier alpha value is -3.15. The van der Waals surface area contributed by atoms with Crippen molar-refractivity contribution in [3.05, 3.63) is 65.7 Å². The molecule has 1 fully saturated rings. The summed E-state index contributed by atoms with van der Waals surface area (Å²) in [6.45, 7) is 1.96. The largest absolute Gasteiger partial charge is 0.461 e. The summed E-state index contributed by atoms with van der Waals surface area (Å²) in [6, 6.07) is 16.2. The Balaban J connectivity index is 1.73. The molecule has 2 aliphatic rings. The lowest BCUT2D eigenvalue weighted by atomic mass is 10.1. The van der Waals surface area contributed by atoms with Crippen molar-refractivity contribution in [3.63, 3.8) is 0 Å². The van der Waals surface area contributed by atoms with E-state index in [1.54, 1.807) is 28.0 Å². The highest BCUT2D eigenvalue weighted by Gasteiger charge is 2.46. The molecular formula is C21H20N2O4. The molecule has 4 rings (SSSR count). The van der Waals surface area contributed by atoms with Crippen LogP contribution in [0.4, 0.5) is 5.69 Å². The molecule has 6 nitrogen and oxygen atoms in total. The van der Waals surface area contributed by atoms with Crippen LogP contribution in [-0.2, 0) is 20.9 Å². The van der Waals surface area contributed by atoms with Gasteiger partial charge in [0.1, 0.15) is 12.1 Å². The van der Waals surface area contributed by atoms with E-state index >= 15 is 0 Å². The molecule has 2 heterocycles. The van der Waals surface area contributed by atoms with Crippen LogP contribution in [0, 0.1) is 0 Å². The van der Waals surface area contributed by atoms with Crippen LogP contribution in [0.3, 0.4) is 0 Å². The molecule has 2 aromatic carbocycles. The maximum absolute atomic E-state index is 13.4. The molecule has 0 aromatic heterocycles. The van der Waals surface area contributed by atoms with Gasteiger partial charge in [0.15, 0.2) is 0 Å². The van der Waals surface area contributed by atoms with Crippen LogP contribution in [0.5, 0.6) is 0 Å². The van der Waals surface area contributed by atoms with Crippen molar-refractivity contribution >= 4 is 23.5 Å². The minimum Gasteiger partial charge on any atom is -0.461 e. The van der Waals surface area contributed by atoms with E-state index in [9.17, 15) is 14.4 Å². The van der Waals surface area contributed by atoms with Crippen LogP contribution in [0.1, 0.15) is 29.3 Å². The first kappa shape index (κ1) is 17.3. The van der Waals surface area contributed by atoms with Gasteiger partial charge in [0, 0.05) is 13.3 Å². The van der Waals surface area contributed by atoms with E-state index in [2.05, 4.69) is 0 Å². The lowest BCUT2D eigenvalue weighted by Crippen LogP contribution is -2.44. The van der Waals surface area contributed by atoms with Crippen LogP contribution in [0.2, 0.25) is 0 Å². The Morgan fingerprint density at radius 2 is 1.78 bits per heavy atom. The molecule has 138 valence electrons. The number of carbonyl (C=O) groups excluding carboxylic acids is 3. The molecule has 2 amide bonds. The Morgan fingerprint density at radius 1 is 1.07 bits per heavy atom. The third-order valence-electron chi connectivity index (χ3n) is 5.02. The average molecular weight is 364 g/mol. The van der Waals surface area contributed by atoms with Crippen molar-refractivity contribution in [2.45, 2.75) is 32.0 Å². The highest BCUT2D eigenvalue weighted by Crippen LogP contribution is 2.34. The summed E-state index contributed by atoms with van der Waals surface area (Å²) in [6.07, 6.45) is -0.132. The van der Waals surface area contributed by atoms with Gasteiger partial charge in [-0.05, 0) is 17.7 Å². The highest BCUT2D eigenvalue weighted by atomic mass is 16.5. The van der Waals surface area contributed by atoms with Crippen LogP contribution < -0.4 is 4.90 Å². The number of fused-ring (bicyclic) bond motifs is 2. The van der Waals surface area contributed by atoms with E-state index in [0.717, 1.165) is 5.56 Å². The molecule has 6 heteroatoms. The number of amides is 2. The summed E-state index contributed by atoms with van der Waals surface area (Å²) in [5.74, 6) is -0.750. The van der Waals surface area contributed by atoms with Crippen molar-refractivity contribution in [2.24, 2.45) is 0 Å². The fourth-order valence-electron chi connectivity index (χ4n) is 3.85. The fourth-order valence-corrected chi connectivity index (χ4v) is 3.85. The number of ether oxygens (including phenoxy) is 1. The third-order valence-corrected chi connectivity index (χ3v) is 5.02. The van der Waals surface area contributed by atoms with Gasteiger partial charge < -0.3 is 14.5 Å². The molecular weight excluding hydrogens is 344 g/mol. The zero-order valence-electron chi connectivity index (χ0n) is 15.0. The summed E-state index contributed by atoms with van der Waals surface area (Å²) in [4.78, 5) is 41.0. The van der Waals surface area contributed by atoms with Crippen molar-refractivity contribution in [3.8, 4) is 0 Å². The van der Waals surface area contributed by atoms with Gasteiger partial charge in [-0.1, -0.05) is 42.5 Å². The van der Waals surface area contributed by atoms with Gasteiger partial charge in [-0.3, -0.25) is 14.4 Å². The van der Waals surface area contributed by atoms with Crippen molar-refractivity contribution < 1.29 is 19.1 Å². The monoisotopic (exact) mass is 364 g/mol. The Bertz CT molecular complexity index is 896. The van der Waals surface area contributed by atoms with E-state index in [1.165, 1.54) is 6.92 Å². The van der Waals surface area contributed by atoms with Crippen LogP contribution in [0.15, 0.2) is 54.6 Å². The van der Waals surface area contributed by atoms with Gasteiger partial charge in [-0.25, -0.2) is 0 Å². The number of para-hydroxylation sites is 1. The molecule has 27 heavy (non-hydrogen) atoms. The van der Waals surface area contributed by atoms with Gasteiger partial charge in [0.05, 0.1) is 24.3 Å².